The molecule has 14 heavy (non-hydrogen) atoms. The van der Waals surface area contributed by atoms with E-state index < -0.39 is 0 Å². The molecule has 0 rings (SSSR count). The van der Waals surface area contributed by atoms with E-state index in [0.717, 1.165) is 19.4 Å². The molecule has 5 heteroatoms. The SMILES string of the molecule is CCCCOCCOCCC(=O)NN. The van der Waals surface area contributed by atoms with Crippen molar-refractivity contribution in [2.24, 2.45) is 5.84 Å². The van der Waals surface area contributed by atoms with Gasteiger partial charge in [-0.2, -0.15) is 0 Å². The highest BCUT2D eigenvalue weighted by Crippen LogP contribution is 1.88. The second-order valence-electron chi connectivity index (χ2n) is 2.90. The highest BCUT2D eigenvalue weighted by molar-refractivity contribution is 5.75. The minimum Gasteiger partial charge on any atom is -0.379 e. The van der Waals surface area contributed by atoms with E-state index in [1.165, 1.54) is 0 Å². The van der Waals surface area contributed by atoms with Gasteiger partial charge in [0.15, 0.2) is 0 Å². The van der Waals surface area contributed by atoms with Gasteiger partial charge in [0.2, 0.25) is 5.91 Å². The third-order valence-corrected chi connectivity index (χ3v) is 1.65. The number of ether oxygens (including phenoxy) is 2. The minimum atomic E-state index is -0.211. The summed E-state index contributed by atoms with van der Waals surface area (Å²) in [6.07, 6.45) is 2.51. The first kappa shape index (κ1) is 13.4. The summed E-state index contributed by atoms with van der Waals surface area (Å²) in [6.45, 7) is 4.40. The molecule has 3 N–H and O–H groups in total. The fourth-order valence-electron chi connectivity index (χ4n) is 0.805. The second-order valence-corrected chi connectivity index (χ2v) is 2.90. The van der Waals surface area contributed by atoms with Crippen LogP contribution in [0.2, 0.25) is 0 Å². The molecule has 84 valence electrons. The monoisotopic (exact) mass is 204 g/mol. The van der Waals surface area contributed by atoms with Gasteiger partial charge < -0.3 is 9.47 Å². The molecule has 0 heterocycles. The number of rotatable bonds is 9. The van der Waals surface area contributed by atoms with Crippen LogP contribution in [-0.4, -0.2) is 32.3 Å². The zero-order valence-corrected chi connectivity index (χ0v) is 8.75. The Kier molecular flexibility index (Phi) is 9.95. The van der Waals surface area contributed by atoms with Gasteiger partial charge in [0.05, 0.1) is 26.2 Å². The molecule has 0 atom stereocenters. The van der Waals surface area contributed by atoms with Crippen LogP contribution in [0.4, 0.5) is 0 Å². The number of nitrogens with two attached hydrogens (primary N) is 1. The Morgan fingerprint density at radius 2 is 1.86 bits per heavy atom. The smallest absolute Gasteiger partial charge is 0.236 e. The summed E-state index contributed by atoms with van der Waals surface area (Å²) in [5.74, 6) is 4.68. The number of carbonyl (C=O) groups excluding carboxylic acids is 1. The van der Waals surface area contributed by atoms with Crippen molar-refractivity contribution in [3.63, 3.8) is 0 Å². The topological polar surface area (TPSA) is 73.6 Å². The van der Waals surface area contributed by atoms with Crippen LogP contribution in [0.3, 0.4) is 0 Å². The lowest BCUT2D eigenvalue weighted by Gasteiger charge is -2.04. The summed E-state index contributed by atoms with van der Waals surface area (Å²) < 4.78 is 10.4. The van der Waals surface area contributed by atoms with Gasteiger partial charge in [0.25, 0.3) is 0 Å². The van der Waals surface area contributed by atoms with Crippen LogP contribution >= 0.6 is 0 Å². The van der Waals surface area contributed by atoms with Crippen LogP contribution < -0.4 is 11.3 Å². The molecular formula is C9H20N2O3. The first-order valence-electron chi connectivity index (χ1n) is 4.96. The average molecular weight is 204 g/mol. The molecular weight excluding hydrogens is 184 g/mol. The van der Waals surface area contributed by atoms with Crippen molar-refractivity contribution in [1.82, 2.24) is 5.43 Å². The van der Waals surface area contributed by atoms with Crippen molar-refractivity contribution < 1.29 is 14.3 Å². The molecule has 5 nitrogen and oxygen atoms in total. The Labute approximate surface area is 84.9 Å². The fraction of sp³-hybridized carbons (Fsp3) is 0.889. The second kappa shape index (κ2) is 10.4. The maximum Gasteiger partial charge on any atom is 0.236 e. The maximum atomic E-state index is 10.6. The maximum absolute atomic E-state index is 10.6. The van der Waals surface area contributed by atoms with Crippen LogP contribution in [0.25, 0.3) is 0 Å². The van der Waals surface area contributed by atoms with E-state index in [2.05, 4.69) is 6.92 Å². The van der Waals surface area contributed by atoms with Crippen LogP contribution in [0.5, 0.6) is 0 Å². The predicted octanol–water partition coefficient (Wildman–Crippen LogP) is 0.200. The van der Waals surface area contributed by atoms with Crippen molar-refractivity contribution in [3.05, 3.63) is 0 Å². The van der Waals surface area contributed by atoms with Crippen molar-refractivity contribution >= 4 is 5.91 Å². The molecule has 0 aliphatic rings. The zero-order valence-electron chi connectivity index (χ0n) is 8.75. The Morgan fingerprint density at radius 3 is 2.43 bits per heavy atom. The largest absolute Gasteiger partial charge is 0.379 e. The summed E-state index contributed by atoms with van der Waals surface area (Å²) in [7, 11) is 0. The van der Waals surface area contributed by atoms with Gasteiger partial charge in [-0.05, 0) is 6.42 Å². The van der Waals surface area contributed by atoms with E-state index >= 15 is 0 Å². The Bertz CT molecular complexity index is 142. The lowest BCUT2D eigenvalue weighted by molar-refractivity contribution is -0.122. The summed E-state index contributed by atoms with van der Waals surface area (Å²) in [6, 6.07) is 0. The highest BCUT2D eigenvalue weighted by Gasteiger charge is 1.96. The highest BCUT2D eigenvalue weighted by atomic mass is 16.5. The number of carbonyl (C=O) groups is 1. The lowest BCUT2D eigenvalue weighted by Crippen LogP contribution is -2.30. The summed E-state index contributed by atoms with van der Waals surface area (Å²) in [4.78, 5) is 10.6. The van der Waals surface area contributed by atoms with Gasteiger partial charge in [-0.15, -0.1) is 0 Å². The molecule has 0 spiro atoms. The molecule has 1 amide bonds. The summed E-state index contributed by atoms with van der Waals surface area (Å²) >= 11 is 0. The number of nitrogens with one attached hydrogen (secondary N) is 1. The third-order valence-electron chi connectivity index (χ3n) is 1.65. The van der Waals surface area contributed by atoms with E-state index in [0.29, 0.717) is 26.2 Å². The van der Waals surface area contributed by atoms with E-state index in [9.17, 15) is 4.79 Å². The van der Waals surface area contributed by atoms with Crippen molar-refractivity contribution in [3.8, 4) is 0 Å². The summed E-state index contributed by atoms with van der Waals surface area (Å²) in [5, 5.41) is 0. The molecule has 0 aliphatic heterocycles. The molecule has 0 radical (unpaired) electrons. The van der Waals surface area contributed by atoms with Crippen molar-refractivity contribution in [2.45, 2.75) is 26.2 Å². The molecule has 0 unspecified atom stereocenters. The molecule has 0 bridgehead atoms. The Hall–Kier alpha value is -0.650. The molecule has 0 aromatic heterocycles. The zero-order chi connectivity index (χ0) is 10.6. The first-order valence-corrected chi connectivity index (χ1v) is 4.96. The molecule has 0 saturated heterocycles. The number of hydrazine groups is 1. The quantitative estimate of drug-likeness (QED) is 0.243. The van der Waals surface area contributed by atoms with Gasteiger partial charge in [0.1, 0.15) is 0 Å². The Balaban J connectivity index is 2.95. The summed E-state index contributed by atoms with van der Waals surface area (Å²) in [5.41, 5.74) is 2.03. The predicted molar refractivity (Wildman–Crippen MR) is 53.5 cm³/mol. The van der Waals surface area contributed by atoms with E-state index in [-0.39, 0.29) is 5.91 Å². The van der Waals surface area contributed by atoms with Crippen LogP contribution in [0, 0.1) is 0 Å². The van der Waals surface area contributed by atoms with E-state index in [1.54, 1.807) is 0 Å². The number of amides is 1. The number of hydrogen-bond donors (Lipinski definition) is 2. The third kappa shape index (κ3) is 9.44. The van der Waals surface area contributed by atoms with Gasteiger partial charge >= 0.3 is 0 Å². The average Bonchev–Trinajstić information content (AvgIpc) is 2.21. The van der Waals surface area contributed by atoms with Gasteiger partial charge in [-0.3, -0.25) is 10.2 Å². The first-order chi connectivity index (χ1) is 6.81. The molecule has 0 aliphatic carbocycles. The lowest BCUT2D eigenvalue weighted by atomic mass is 10.4. The molecule has 0 fully saturated rings. The normalized spacial score (nSPS) is 10.1. The van der Waals surface area contributed by atoms with Crippen LogP contribution in [-0.2, 0) is 14.3 Å². The Morgan fingerprint density at radius 1 is 1.21 bits per heavy atom. The molecule has 0 aromatic carbocycles. The van der Waals surface area contributed by atoms with Crippen LogP contribution in [0.1, 0.15) is 26.2 Å². The van der Waals surface area contributed by atoms with Gasteiger partial charge in [-0.1, -0.05) is 13.3 Å². The fourth-order valence-corrected chi connectivity index (χ4v) is 0.805. The molecule has 0 saturated carbocycles. The van der Waals surface area contributed by atoms with Crippen molar-refractivity contribution in [2.75, 3.05) is 26.4 Å². The van der Waals surface area contributed by atoms with E-state index in [1.807, 2.05) is 5.43 Å². The van der Waals surface area contributed by atoms with Crippen molar-refractivity contribution in [1.29, 1.82) is 0 Å². The number of unbranched alkanes of at least 4 members (excludes halogenated alkanes) is 1. The van der Waals surface area contributed by atoms with Crippen LogP contribution in [0.15, 0.2) is 0 Å². The molecule has 0 aromatic rings. The minimum absolute atomic E-state index is 0.211. The van der Waals surface area contributed by atoms with Gasteiger partial charge in [-0.25, -0.2) is 5.84 Å². The number of hydrogen-bond acceptors (Lipinski definition) is 4. The van der Waals surface area contributed by atoms with E-state index in [4.69, 9.17) is 15.3 Å². The van der Waals surface area contributed by atoms with Gasteiger partial charge in [0, 0.05) is 6.61 Å². The standard InChI is InChI=1S/C9H20N2O3/c1-2-3-5-13-7-8-14-6-4-9(12)11-10/h2-8,10H2,1H3,(H,11,12).